The third-order valence-corrected chi connectivity index (χ3v) is 2.83. The number of aryl methyl sites for hydroxylation is 1. The molecule has 0 heterocycles. The van der Waals surface area contributed by atoms with Gasteiger partial charge in [-0.2, -0.15) is 0 Å². The van der Waals surface area contributed by atoms with Crippen molar-refractivity contribution in [2.45, 2.75) is 6.92 Å². The molecule has 0 aliphatic heterocycles. The van der Waals surface area contributed by atoms with E-state index in [2.05, 4.69) is 0 Å². The van der Waals surface area contributed by atoms with Gasteiger partial charge in [-0.25, -0.2) is 8.78 Å². The molecule has 0 aliphatic carbocycles. The van der Waals surface area contributed by atoms with E-state index in [1.54, 1.807) is 12.1 Å². The zero-order valence-electron chi connectivity index (χ0n) is 9.51. The number of rotatable bonds is 2. The predicted octanol–water partition coefficient (Wildman–Crippen LogP) is 4.16. The largest absolute Gasteiger partial charge is 0.288 e. The summed E-state index contributed by atoms with van der Waals surface area (Å²) in [6.45, 7) is 1.48. The molecule has 0 radical (unpaired) electrons. The van der Waals surface area contributed by atoms with E-state index in [0.29, 0.717) is 5.02 Å². The van der Waals surface area contributed by atoms with Crippen LogP contribution >= 0.6 is 11.6 Å². The lowest BCUT2D eigenvalue weighted by Crippen LogP contribution is -2.08. The second-order valence-corrected chi connectivity index (χ2v) is 4.33. The lowest BCUT2D eigenvalue weighted by Gasteiger charge is -2.06. The maximum absolute atomic E-state index is 13.8. The van der Waals surface area contributed by atoms with Crippen molar-refractivity contribution in [3.8, 4) is 0 Å². The van der Waals surface area contributed by atoms with Crippen LogP contribution in [0, 0.1) is 18.6 Å². The van der Waals surface area contributed by atoms with Crippen LogP contribution in [0.5, 0.6) is 0 Å². The molecule has 18 heavy (non-hydrogen) atoms. The molecule has 0 aliphatic rings. The van der Waals surface area contributed by atoms with Gasteiger partial charge in [-0.3, -0.25) is 4.79 Å². The number of hydrogen-bond acceptors (Lipinski definition) is 1. The van der Waals surface area contributed by atoms with Gasteiger partial charge in [-0.05, 0) is 30.7 Å². The molecule has 2 aromatic rings. The molecular formula is C14H9ClF2O. The molecule has 4 heteroatoms. The standard InChI is InChI=1S/C14H9ClF2O/c1-8-5-6-11(16)12(13(8)17)14(18)9-3-2-4-10(15)7-9/h2-7H,1H3. The first-order valence-electron chi connectivity index (χ1n) is 5.25. The first kappa shape index (κ1) is 12.7. The molecule has 1 nitrogen and oxygen atoms in total. The highest BCUT2D eigenvalue weighted by Gasteiger charge is 2.20. The Morgan fingerprint density at radius 3 is 2.56 bits per heavy atom. The normalized spacial score (nSPS) is 10.4. The van der Waals surface area contributed by atoms with Gasteiger partial charge in [-0.15, -0.1) is 0 Å². The molecule has 0 saturated carbocycles. The Balaban J connectivity index is 2.56. The van der Waals surface area contributed by atoms with Gasteiger partial charge in [0.05, 0.1) is 5.56 Å². The zero-order valence-corrected chi connectivity index (χ0v) is 10.3. The first-order chi connectivity index (χ1) is 8.50. The number of halogens is 3. The molecule has 0 fully saturated rings. The molecule has 0 amide bonds. The number of benzene rings is 2. The fourth-order valence-corrected chi connectivity index (χ4v) is 1.83. The van der Waals surface area contributed by atoms with Crippen molar-refractivity contribution < 1.29 is 13.6 Å². The smallest absolute Gasteiger partial charge is 0.198 e. The van der Waals surface area contributed by atoms with Crippen molar-refractivity contribution in [1.29, 1.82) is 0 Å². The number of hydrogen-bond donors (Lipinski definition) is 0. The van der Waals surface area contributed by atoms with Gasteiger partial charge in [0.15, 0.2) is 5.78 Å². The average Bonchev–Trinajstić information content (AvgIpc) is 2.34. The van der Waals surface area contributed by atoms with E-state index >= 15 is 0 Å². The maximum Gasteiger partial charge on any atom is 0.198 e. The summed E-state index contributed by atoms with van der Waals surface area (Å²) in [4.78, 5) is 12.1. The third kappa shape index (κ3) is 2.27. The molecule has 0 unspecified atom stereocenters. The van der Waals surface area contributed by atoms with E-state index in [1.807, 2.05) is 0 Å². The number of ketones is 1. The number of carbonyl (C=O) groups excluding carboxylic acids is 1. The minimum Gasteiger partial charge on any atom is -0.288 e. The molecular weight excluding hydrogens is 258 g/mol. The average molecular weight is 267 g/mol. The van der Waals surface area contributed by atoms with Gasteiger partial charge in [0.2, 0.25) is 0 Å². The SMILES string of the molecule is Cc1ccc(F)c(C(=O)c2cccc(Cl)c2)c1F. The Hall–Kier alpha value is -1.74. The number of carbonyl (C=O) groups is 1. The lowest BCUT2D eigenvalue weighted by atomic mass is 10.0. The van der Waals surface area contributed by atoms with Crippen LogP contribution in [0.15, 0.2) is 36.4 Å². The van der Waals surface area contributed by atoms with Crippen LogP contribution < -0.4 is 0 Å². The summed E-state index contributed by atoms with van der Waals surface area (Å²) < 4.78 is 27.4. The Bertz CT molecular complexity index is 623. The topological polar surface area (TPSA) is 17.1 Å². The summed E-state index contributed by atoms with van der Waals surface area (Å²) in [5.41, 5.74) is -0.162. The molecule has 0 atom stereocenters. The van der Waals surface area contributed by atoms with Crippen LogP contribution in [0.3, 0.4) is 0 Å². The zero-order chi connectivity index (χ0) is 13.3. The third-order valence-electron chi connectivity index (χ3n) is 2.60. The van der Waals surface area contributed by atoms with E-state index in [1.165, 1.54) is 25.1 Å². The molecule has 0 aromatic heterocycles. The highest BCUT2D eigenvalue weighted by molar-refractivity contribution is 6.31. The van der Waals surface area contributed by atoms with Crippen LogP contribution in [0.2, 0.25) is 5.02 Å². The molecule has 0 spiro atoms. The summed E-state index contributed by atoms with van der Waals surface area (Å²) in [6, 6.07) is 8.36. The van der Waals surface area contributed by atoms with Gasteiger partial charge >= 0.3 is 0 Å². The second-order valence-electron chi connectivity index (χ2n) is 3.89. The van der Waals surface area contributed by atoms with E-state index in [9.17, 15) is 13.6 Å². The quantitative estimate of drug-likeness (QED) is 0.746. The van der Waals surface area contributed by atoms with Crippen molar-refractivity contribution in [2.24, 2.45) is 0 Å². The summed E-state index contributed by atoms with van der Waals surface area (Å²) in [6.07, 6.45) is 0. The van der Waals surface area contributed by atoms with Crippen molar-refractivity contribution in [1.82, 2.24) is 0 Å². The van der Waals surface area contributed by atoms with E-state index in [-0.39, 0.29) is 11.1 Å². The van der Waals surface area contributed by atoms with Crippen molar-refractivity contribution in [3.63, 3.8) is 0 Å². The Kier molecular flexibility index (Phi) is 3.43. The van der Waals surface area contributed by atoms with Crippen molar-refractivity contribution in [3.05, 3.63) is 69.7 Å². The molecule has 0 saturated heterocycles. The Morgan fingerprint density at radius 1 is 1.17 bits per heavy atom. The predicted molar refractivity (Wildman–Crippen MR) is 66.0 cm³/mol. The monoisotopic (exact) mass is 266 g/mol. The van der Waals surface area contributed by atoms with Crippen LogP contribution in [0.25, 0.3) is 0 Å². The Morgan fingerprint density at radius 2 is 1.89 bits per heavy atom. The van der Waals surface area contributed by atoms with Gasteiger partial charge < -0.3 is 0 Å². The van der Waals surface area contributed by atoms with Gasteiger partial charge in [-0.1, -0.05) is 29.8 Å². The van der Waals surface area contributed by atoms with E-state index in [0.717, 1.165) is 6.07 Å². The first-order valence-corrected chi connectivity index (χ1v) is 5.63. The lowest BCUT2D eigenvalue weighted by molar-refractivity contribution is 0.103. The fourth-order valence-electron chi connectivity index (χ4n) is 1.64. The second kappa shape index (κ2) is 4.86. The molecule has 92 valence electrons. The highest BCUT2D eigenvalue weighted by Crippen LogP contribution is 2.21. The van der Waals surface area contributed by atoms with Crippen LogP contribution in [-0.4, -0.2) is 5.78 Å². The summed E-state index contributed by atoms with van der Waals surface area (Å²) >= 11 is 5.75. The summed E-state index contributed by atoms with van der Waals surface area (Å²) in [5.74, 6) is -2.42. The van der Waals surface area contributed by atoms with Gasteiger partial charge in [0, 0.05) is 10.6 Å². The Labute approximate surface area is 108 Å². The fraction of sp³-hybridized carbons (Fsp3) is 0.0714. The highest BCUT2D eigenvalue weighted by atomic mass is 35.5. The van der Waals surface area contributed by atoms with Crippen LogP contribution in [-0.2, 0) is 0 Å². The van der Waals surface area contributed by atoms with Crippen LogP contribution in [0.4, 0.5) is 8.78 Å². The molecule has 2 rings (SSSR count). The van der Waals surface area contributed by atoms with E-state index < -0.39 is 23.0 Å². The molecule has 2 aromatic carbocycles. The van der Waals surface area contributed by atoms with Crippen LogP contribution in [0.1, 0.15) is 21.5 Å². The van der Waals surface area contributed by atoms with Gasteiger partial charge in [0.1, 0.15) is 11.6 Å². The molecule has 0 bridgehead atoms. The maximum atomic E-state index is 13.8. The molecule has 0 N–H and O–H groups in total. The summed E-state index contributed by atoms with van der Waals surface area (Å²) in [5, 5.41) is 0.342. The van der Waals surface area contributed by atoms with Gasteiger partial charge in [0.25, 0.3) is 0 Å². The van der Waals surface area contributed by atoms with Crippen molar-refractivity contribution >= 4 is 17.4 Å². The van der Waals surface area contributed by atoms with Crippen molar-refractivity contribution in [2.75, 3.05) is 0 Å². The minimum absolute atomic E-state index is 0.158. The minimum atomic E-state index is -0.872. The van der Waals surface area contributed by atoms with E-state index in [4.69, 9.17) is 11.6 Å². The summed E-state index contributed by atoms with van der Waals surface area (Å²) in [7, 11) is 0.